The molecule has 2 aliphatic rings. The van der Waals surface area contributed by atoms with Gasteiger partial charge in [-0.2, -0.15) is 0 Å². The first-order chi connectivity index (χ1) is 11.0. The van der Waals surface area contributed by atoms with Crippen molar-refractivity contribution in [2.45, 2.75) is 35.6 Å². The Labute approximate surface area is 140 Å². The van der Waals surface area contributed by atoms with Crippen LogP contribution in [0.5, 0.6) is 0 Å². The fraction of sp³-hybridized carbons (Fsp3) is 0.500. The topological polar surface area (TPSA) is 64.8 Å². The molecule has 1 aliphatic heterocycles. The third-order valence-electron chi connectivity index (χ3n) is 4.75. The van der Waals surface area contributed by atoms with Crippen molar-refractivity contribution in [2.24, 2.45) is 7.05 Å². The number of aromatic nitrogens is 3. The summed E-state index contributed by atoms with van der Waals surface area (Å²) >= 11 is 1.75. The number of sulfone groups is 1. The van der Waals surface area contributed by atoms with Crippen LogP contribution in [0.2, 0.25) is 0 Å². The maximum Gasteiger partial charge on any atom is 0.191 e. The van der Waals surface area contributed by atoms with Crippen molar-refractivity contribution in [1.29, 1.82) is 0 Å². The average molecular weight is 349 g/mol. The summed E-state index contributed by atoms with van der Waals surface area (Å²) in [4.78, 5) is 0. The van der Waals surface area contributed by atoms with E-state index in [0.717, 1.165) is 23.8 Å². The lowest BCUT2D eigenvalue weighted by Crippen LogP contribution is -2.10. The fourth-order valence-electron chi connectivity index (χ4n) is 3.53. The van der Waals surface area contributed by atoms with E-state index < -0.39 is 9.84 Å². The molecule has 0 spiro atoms. The number of benzene rings is 1. The van der Waals surface area contributed by atoms with Gasteiger partial charge in [-0.15, -0.1) is 10.2 Å². The quantitative estimate of drug-likeness (QED) is 0.848. The summed E-state index contributed by atoms with van der Waals surface area (Å²) in [7, 11) is -0.949. The molecule has 23 heavy (non-hydrogen) atoms. The Bertz CT molecular complexity index is 820. The van der Waals surface area contributed by atoms with Crippen LogP contribution in [0, 0.1) is 0 Å². The molecule has 122 valence electrons. The minimum absolute atomic E-state index is 0.00683. The number of hydrogen-bond donors (Lipinski definition) is 0. The standard InChI is InChI=1S/C16H19N3O2S2/c1-19-15(13-6-7-23(20,21)10-13)17-18-16(19)22-14-8-11-4-2-3-5-12(11)9-14/h2-5,13-14H,6-10H2,1H3/t13-/m1/s1. The molecule has 0 bridgehead atoms. The maximum absolute atomic E-state index is 11.7. The Morgan fingerprint density at radius 2 is 1.87 bits per heavy atom. The van der Waals surface area contributed by atoms with Gasteiger partial charge in [0.15, 0.2) is 15.0 Å². The van der Waals surface area contributed by atoms with E-state index in [9.17, 15) is 8.42 Å². The predicted octanol–water partition coefficient (Wildman–Crippen LogP) is 1.98. The Kier molecular flexibility index (Phi) is 3.72. The molecule has 0 amide bonds. The molecule has 0 saturated carbocycles. The third kappa shape index (κ3) is 2.92. The van der Waals surface area contributed by atoms with Crippen LogP contribution in [-0.2, 0) is 29.7 Å². The Morgan fingerprint density at radius 1 is 1.17 bits per heavy atom. The molecule has 4 rings (SSSR count). The van der Waals surface area contributed by atoms with E-state index in [1.165, 1.54) is 11.1 Å². The second-order valence-electron chi connectivity index (χ2n) is 6.42. The average Bonchev–Trinajstić information content (AvgIpc) is 3.17. The lowest BCUT2D eigenvalue weighted by Gasteiger charge is -2.10. The molecule has 0 unspecified atom stereocenters. The van der Waals surface area contributed by atoms with Crippen molar-refractivity contribution in [1.82, 2.24) is 14.8 Å². The van der Waals surface area contributed by atoms with Crippen molar-refractivity contribution in [3.63, 3.8) is 0 Å². The van der Waals surface area contributed by atoms with Crippen molar-refractivity contribution < 1.29 is 8.42 Å². The van der Waals surface area contributed by atoms with E-state index in [-0.39, 0.29) is 17.4 Å². The van der Waals surface area contributed by atoms with Gasteiger partial charge in [-0.05, 0) is 30.4 Å². The van der Waals surface area contributed by atoms with Gasteiger partial charge >= 0.3 is 0 Å². The molecule has 1 fully saturated rings. The van der Waals surface area contributed by atoms with Gasteiger partial charge in [-0.25, -0.2) is 8.42 Å². The first kappa shape index (κ1) is 15.2. The molecule has 1 aromatic carbocycles. The van der Waals surface area contributed by atoms with E-state index >= 15 is 0 Å². The highest BCUT2D eigenvalue weighted by molar-refractivity contribution is 7.99. The van der Waals surface area contributed by atoms with Crippen molar-refractivity contribution in [3.05, 3.63) is 41.2 Å². The number of hydrogen-bond acceptors (Lipinski definition) is 5. The minimum Gasteiger partial charge on any atom is -0.309 e. The van der Waals surface area contributed by atoms with Crippen LogP contribution in [0.1, 0.15) is 29.3 Å². The Hall–Kier alpha value is -1.34. The van der Waals surface area contributed by atoms with E-state index in [0.29, 0.717) is 11.7 Å². The van der Waals surface area contributed by atoms with Gasteiger partial charge in [0, 0.05) is 18.2 Å². The van der Waals surface area contributed by atoms with Gasteiger partial charge in [0.2, 0.25) is 0 Å². The lowest BCUT2D eigenvalue weighted by molar-refractivity contribution is 0.599. The molecule has 1 aromatic heterocycles. The zero-order valence-electron chi connectivity index (χ0n) is 13.0. The van der Waals surface area contributed by atoms with Crippen LogP contribution in [0.25, 0.3) is 0 Å². The second-order valence-corrected chi connectivity index (χ2v) is 9.91. The Morgan fingerprint density at radius 3 is 2.48 bits per heavy atom. The molecule has 0 N–H and O–H groups in total. The zero-order chi connectivity index (χ0) is 16.0. The van der Waals surface area contributed by atoms with Crippen LogP contribution >= 0.6 is 11.8 Å². The summed E-state index contributed by atoms with van der Waals surface area (Å²) in [5.74, 6) is 1.28. The van der Waals surface area contributed by atoms with E-state index in [1.54, 1.807) is 11.8 Å². The monoisotopic (exact) mass is 349 g/mol. The second kappa shape index (κ2) is 5.63. The van der Waals surface area contributed by atoms with Gasteiger partial charge < -0.3 is 4.57 Å². The fourth-order valence-corrected chi connectivity index (χ4v) is 6.44. The van der Waals surface area contributed by atoms with E-state index in [4.69, 9.17) is 0 Å². The molecule has 0 radical (unpaired) electrons. The van der Waals surface area contributed by atoms with Crippen molar-refractivity contribution in [3.8, 4) is 0 Å². The number of rotatable bonds is 3. The summed E-state index contributed by atoms with van der Waals surface area (Å²) in [5, 5.41) is 9.97. The zero-order valence-corrected chi connectivity index (χ0v) is 14.6. The summed E-state index contributed by atoms with van der Waals surface area (Å²) in [6.07, 6.45) is 2.77. The highest BCUT2D eigenvalue weighted by Crippen LogP contribution is 2.35. The first-order valence-corrected chi connectivity index (χ1v) is 10.5. The van der Waals surface area contributed by atoms with Gasteiger partial charge in [0.1, 0.15) is 5.82 Å². The molecule has 1 atom stereocenters. The SMILES string of the molecule is Cn1c(SC2Cc3ccccc3C2)nnc1[C@@H]1CCS(=O)(=O)C1. The largest absolute Gasteiger partial charge is 0.309 e. The summed E-state index contributed by atoms with van der Waals surface area (Å²) in [6.45, 7) is 0. The molecule has 7 heteroatoms. The van der Waals surface area contributed by atoms with Crippen LogP contribution in [0.3, 0.4) is 0 Å². The lowest BCUT2D eigenvalue weighted by atomic mass is 10.1. The molecule has 1 saturated heterocycles. The van der Waals surface area contributed by atoms with Crippen molar-refractivity contribution >= 4 is 21.6 Å². The highest BCUT2D eigenvalue weighted by atomic mass is 32.2. The summed E-state index contributed by atoms with van der Waals surface area (Å²) in [6, 6.07) is 8.57. The normalized spacial score (nSPS) is 23.3. The van der Waals surface area contributed by atoms with Crippen LogP contribution in [-0.4, -0.2) is 39.9 Å². The van der Waals surface area contributed by atoms with E-state index in [2.05, 4.69) is 34.5 Å². The van der Waals surface area contributed by atoms with Gasteiger partial charge in [0.05, 0.1) is 11.5 Å². The van der Waals surface area contributed by atoms with Crippen LogP contribution < -0.4 is 0 Å². The van der Waals surface area contributed by atoms with Gasteiger partial charge in [-0.3, -0.25) is 0 Å². The van der Waals surface area contributed by atoms with Gasteiger partial charge in [0.25, 0.3) is 0 Å². The van der Waals surface area contributed by atoms with Crippen molar-refractivity contribution in [2.75, 3.05) is 11.5 Å². The highest BCUT2D eigenvalue weighted by Gasteiger charge is 2.33. The Balaban J connectivity index is 1.49. The number of fused-ring (bicyclic) bond motifs is 1. The predicted molar refractivity (Wildman–Crippen MR) is 90.5 cm³/mol. The summed E-state index contributed by atoms with van der Waals surface area (Å²) in [5.41, 5.74) is 2.85. The number of thioether (sulfide) groups is 1. The molecular formula is C16H19N3O2S2. The van der Waals surface area contributed by atoms with Crippen LogP contribution in [0.15, 0.2) is 29.4 Å². The summed E-state index contributed by atoms with van der Waals surface area (Å²) < 4.78 is 25.3. The first-order valence-electron chi connectivity index (χ1n) is 7.85. The smallest absolute Gasteiger partial charge is 0.191 e. The molecule has 2 aromatic rings. The van der Waals surface area contributed by atoms with Crippen LogP contribution in [0.4, 0.5) is 0 Å². The molecule has 5 nitrogen and oxygen atoms in total. The van der Waals surface area contributed by atoms with E-state index in [1.807, 2.05) is 11.6 Å². The molecule has 2 heterocycles. The molecule has 1 aliphatic carbocycles. The number of nitrogens with zero attached hydrogens (tertiary/aromatic N) is 3. The third-order valence-corrected chi connectivity index (χ3v) is 7.75. The van der Waals surface area contributed by atoms with Gasteiger partial charge in [-0.1, -0.05) is 36.0 Å². The maximum atomic E-state index is 11.7. The molecular weight excluding hydrogens is 330 g/mol. The minimum atomic E-state index is -2.90.